The van der Waals surface area contributed by atoms with Crippen molar-refractivity contribution in [3.63, 3.8) is 0 Å². The molecule has 0 bridgehead atoms. The summed E-state index contributed by atoms with van der Waals surface area (Å²) in [6.07, 6.45) is 1.01. The highest BCUT2D eigenvalue weighted by molar-refractivity contribution is 8.06. The number of aromatic nitrogens is 2. The van der Waals surface area contributed by atoms with Crippen molar-refractivity contribution in [2.24, 2.45) is 0 Å². The van der Waals surface area contributed by atoms with Gasteiger partial charge in [0.05, 0.1) is 11.2 Å². The van der Waals surface area contributed by atoms with Crippen LogP contribution in [0, 0.1) is 0 Å². The van der Waals surface area contributed by atoms with Crippen molar-refractivity contribution in [3.05, 3.63) is 11.7 Å². The van der Waals surface area contributed by atoms with Crippen molar-refractivity contribution in [1.82, 2.24) is 15.5 Å². The quantitative estimate of drug-likeness (QED) is 0.898. The van der Waals surface area contributed by atoms with Crippen LogP contribution in [0.4, 0.5) is 0 Å². The van der Waals surface area contributed by atoms with E-state index in [0.29, 0.717) is 17.2 Å². The molecule has 2 heterocycles. The lowest BCUT2D eigenvalue weighted by Crippen LogP contribution is -2.28. The molecule has 0 spiro atoms. The molecule has 1 aliphatic heterocycles. The zero-order valence-electron chi connectivity index (χ0n) is 11.2. The molecule has 1 aliphatic rings. The van der Waals surface area contributed by atoms with Crippen molar-refractivity contribution < 1.29 is 4.52 Å². The lowest BCUT2D eigenvalue weighted by molar-refractivity contribution is 0.319. The molecule has 0 saturated carbocycles. The van der Waals surface area contributed by atoms with Gasteiger partial charge in [0.2, 0.25) is 5.89 Å². The SMILES string of the molecule is CCC(c1nc(C2CSCCS2)no1)C(C)NC. The predicted molar refractivity (Wildman–Crippen MR) is 78.4 cm³/mol. The van der Waals surface area contributed by atoms with Crippen molar-refractivity contribution in [3.8, 4) is 0 Å². The molecule has 0 radical (unpaired) electrons. The van der Waals surface area contributed by atoms with Crippen LogP contribution in [0.25, 0.3) is 0 Å². The average Bonchev–Trinajstić information content (AvgIpc) is 2.90. The van der Waals surface area contributed by atoms with E-state index in [9.17, 15) is 0 Å². The Hall–Kier alpha value is -0.200. The van der Waals surface area contributed by atoms with Crippen LogP contribution in [-0.4, -0.2) is 40.5 Å². The number of nitrogens with zero attached hydrogens (tertiary/aromatic N) is 2. The van der Waals surface area contributed by atoms with Gasteiger partial charge in [0.1, 0.15) is 0 Å². The van der Waals surface area contributed by atoms with Gasteiger partial charge in [0.25, 0.3) is 0 Å². The molecule has 1 aromatic heterocycles. The van der Waals surface area contributed by atoms with Gasteiger partial charge in [-0.15, -0.1) is 11.8 Å². The average molecular weight is 287 g/mol. The molecule has 3 atom stereocenters. The summed E-state index contributed by atoms with van der Waals surface area (Å²) in [5, 5.41) is 7.85. The summed E-state index contributed by atoms with van der Waals surface area (Å²) >= 11 is 3.92. The summed E-state index contributed by atoms with van der Waals surface area (Å²) in [6, 6.07) is 0.358. The standard InChI is InChI=1S/C12H21N3OS2/c1-4-9(8(2)13-3)12-14-11(15-16-12)10-7-17-5-6-18-10/h8-10,13H,4-7H2,1-3H3. The van der Waals surface area contributed by atoms with Crippen LogP contribution in [-0.2, 0) is 0 Å². The van der Waals surface area contributed by atoms with Gasteiger partial charge in [-0.05, 0) is 20.4 Å². The van der Waals surface area contributed by atoms with Crippen molar-refractivity contribution in [2.45, 2.75) is 37.5 Å². The molecule has 2 rings (SSSR count). The maximum atomic E-state index is 5.47. The summed E-state index contributed by atoms with van der Waals surface area (Å²) in [7, 11) is 1.97. The second kappa shape index (κ2) is 6.82. The Morgan fingerprint density at radius 1 is 1.50 bits per heavy atom. The molecule has 1 saturated heterocycles. The maximum absolute atomic E-state index is 5.47. The summed E-state index contributed by atoms with van der Waals surface area (Å²) in [5.74, 6) is 5.48. The summed E-state index contributed by atoms with van der Waals surface area (Å²) < 4.78 is 5.47. The Morgan fingerprint density at radius 3 is 2.94 bits per heavy atom. The summed E-state index contributed by atoms with van der Waals surface area (Å²) in [5.41, 5.74) is 0. The zero-order chi connectivity index (χ0) is 13.0. The van der Waals surface area contributed by atoms with E-state index in [2.05, 4.69) is 29.3 Å². The smallest absolute Gasteiger partial charge is 0.231 e. The lowest BCUT2D eigenvalue weighted by Gasteiger charge is -2.18. The van der Waals surface area contributed by atoms with E-state index in [1.807, 2.05) is 30.6 Å². The summed E-state index contributed by atoms with van der Waals surface area (Å²) in [4.78, 5) is 4.62. The van der Waals surface area contributed by atoms with E-state index >= 15 is 0 Å². The Bertz CT molecular complexity index is 366. The van der Waals surface area contributed by atoms with Gasteiger partial charge >= 0.3 is 0 Å². The molecule has 1 N–H and O–H groups in total. The molecule has 0 aliphatic carbocycles. The van der Waals surface area contributed by atoms with E-state index in [1.165, 1.54) is 11.5 Å². The molecular weight excluding hydrogens is 266 g/mol. The molecule has 102 valence electrons. The van der Waals surface area contributed by atoms with Crippen LogP contribution in [0.5, 0.6) is 0 Å². The monoisotopic (exact) mass is 287 g/mol. The van der Waals surface area contributed by atoms with Gasteiger partial charge in [-0.1, -0.05) is 12.1 Å². The van der Waals surface area contributed by atoms with E-state index in [1.54, 1.807) is 0 Å². The zero-order valence-corrected chi connectivity index (χ0v) is 12.8. The van der Waals surface area contributed by atoms with Gasteiger partial charge in [-0.3, -0.25) is 0 Å². The van der Waals surface area contributed by atoms with Crippen LogP contribution < -0.4 is 5.32 Å². The predicted octanol–water partition coefficient (Wildman–Crippen LogP) is 2.69. The third-order valence-electron chi connectivity index (χ3n) is 3.38. The number of nitrogens with one attached hydrogen (secondary N) is 1. The van der Waals surface area contributed by atoms with Crippen LogP contribution in [0.2, 0.25) is 0 Å². The first kappa shape index (κ1) is 14.2. The molecular formula is C12H21N3OS2. The highest BCUT2D eigenvalue weighted by Gasteiger charge is 2.26. The second-order valence-corrected chi connectivity index (χ2v) is 6.98. The van der Waals surface area contributed by atoms with Gasteiger partial charge in [-0.25, -0.2) is 0 Å². The fourth-order valence-electron chi connectivity index (χ4n) is 2.11. The molecule has 1 fully saturated rings. The normalized spacial score (nSPS) is 23.8. The molecule has 18 heavy (non-hydrogen) atoms. The molecule has 0 aromatic carbocycles. The minimum absolute atomic E-state index is 0.303. The minimum atomic E-state index is 0.303. The van der Waals surface area contributed by atoms with E-state index < -0.39 is 0 Å². The number of hydrogen-bond acceptors (Lipinski definition) is 6. The molecule has 4 nitrogen and oxygen atoms in total. The van der Waals surface area contributed by atoms with Crippen molar-refractivity contribution in [1.29, 1.82) is 0 Å². The number of rotatable bonds is 5. The number of likely N-dealkylation sites (N-methyl/N-ethyl adjacent to an activating group) is 1. The van der Waals surface area contributed by atoms with Gasteiger partial charge < -0.3 is 9.84 Å². The van der Waals surface area contributed by atoms with Crippen LogP contribution in [0.15, 0.2) is 4.52 Å². The van der Waals surface area contributed by atoms with E-state index in [-0.39, 0.29) is 0 Å². The second-order valence-electron chi connectivity index (χ2n) is 4.52. The molecule has 3 unspecified atom stereocenters. The molecule has 0 amide bonds. The first-order valence-electron chi connectivity index (χ1n) is 6.46. The van der Waals surface area contributed by atoms with Gasteiger partial charge in [-0.2, -0.15) is 16.7 Å². The largest absolute Gasteiger partial charge is 0.339 e. The third-order valence-corrected chi connectivity index (χ3v) is 6.13. The Kier molecular flexibility index (Phi) is 5.38. The van der Waals surface area contributed by atoms with Crippen LogP contribution in [0.1, 0.15) is 43.2 Å². The topological polar surface area (TPSA) is 51.0 Å². The first-order valence-corrected chi connectivity index (χ1v) is 8.66. The Balaban J connectivity index is 2.08. The summed E-state index contributed by atoms with van der Waals surface area (Å²) in [6.45, 7) is 4.32. The first-order chi connectivity index (χ1) is 8.76. The number of hydrogen-bond donors (Lipinski definition) is 1. The molecule has 6 heteroatoms. The fourth-order valence-corrected chi connectivity index (χ4v) is 4.70. The Morgan fingerprint density at radius 2 is 2.33 bits per heavy atom. The number of thioether (sulfide) groups is 2. The van der Waals surface area contributed by atoms with E-state index in [0.717, 1.165) is 23.9 Å². The maximum Gasteiger partial charge on any atom is 0.231 e. The highest BCUT2D eigenvalue weighted by atomic mass is 32.2. The van der Waals surface area contributed by atoms with Crippen LogP contribution >= 0.6 is 23.5 Å². The Labute approximate surface area is 117 Å². The van der Waals surface area contributed by atoms with E-state index in [4.69, 9.17) is 4.52 Å². The van der Waals surface area contributed by atoms with Crippen molar-refractivity contribution >= 4 is 23.5 Å². The fraction of sp³-hybridized carbons (Fsp3) is 0.833. The van der Waals surface area contributed by atoms with Crippen LogP contribution in [0.3, 0.4) is 0 Å². The third kappa shape index (κ3) is 3.22. The van der Waals surface area contributed by atoms with Gasteiger partial charge in [0.15, 0.2) is 5.82 Å². The molecule has 1 aromatic rings. The highest BCUT2D eigenvalue weighted by Crippen LogP contribution is 2.36. The van der Waals surface area contributed by atoms with Gasteiger partial charge in [0, 0.05) is 23.3 Å². The lowest BCUT2D eigenvalue weighted by atomic mass is 9.98. The minimum Gasteiger partial charge on any atom is -0.339 e. The van der Waals surface area contributed by atoms with Crippen molar-refractivity contribution in [2.75, 3.05) is 24.3 Å².